The molecule has 2 aromatic rings. The summed E-state index contributed by atoms with van der Waals surface area (Å²) in [5, 5.41) is 13.4. The Labute approximate surface area is 136 Å². The maximum atomic E-state index is 12.3. The van der Waals surface area contributed by atoms with Crippen molar-refractivity contribution in [3.05, 3.63) is 39.0 Å². The number of likely N-dealkylation sites (tertiary alicyclic amines) is 1. The van der Waals surface area contributed by atoms with Gasteiger partial charge in [0.15, 0.2) is 0 Å². The van der Waals surface area contributed by atoms with E-state index < -0.39 is 17.9 Å². The van der Waals surface area contributed by atoms with Crippen molar-refractivity contribution in [2.75, 3.05) is 6.54 Å². The summed E-state index contributed by atoms with van der Waals surface area (Å²) in [6.45, 7) is 0.533. The molecule has 1 N–H and O–H groups in total. The predicted octanol–water partition coefficient (Wildman–Crippen LogP) is 2.81. The summed E-state index contributed by atoms with van der Waals surface area (Å²) in [6, 6.07) is 3.56. The van der Waals surface area contributed by atoms with Crippen molar-refractivity contribution in [3.8, 4) is 0 Å². The first-order valence-electron chi connectivity index (χ1n) is 7.09. The van der Waals surface area contributed by atoms with E-state index in [1.807, 2.05) is 22.9 Å². The number of nitrogens with zero attached hydrogens (tertiary/aromatic N) is 2. The highest BCUT2D eigenvalue weighted by Gasteiger charge is 2.41. The molecule has 0 spiro atoms. The van der Waals surface area contributed by atoms with Gasteiger partial charge < -0.3 is 10.0 Å². The van der Waals surface area contributed by atoms with Crippen LogP contribution in [0.15, 0.2) is 28.4 Å². The van der Waals surface area contributed by atoms with Crippen LogP contribution < -0.4 is 0 Å². The van der Waals surface area contributed by atoms with Gasteiger partial charge in [-0.1, -0.05) is 6.07 Å². The van der Waals surface area contributed by atoms with Crippen molar-refractivity contribution in [2.24, 2.45) is 5.92 Å². The summed E-state index contributed by atoms with van der Waals surface area (Å²) in [4.78, 5) is 31.1. The minimum atomic E-state index is -0.855. The number of hydrogen-bond donors (Lipinski definition) is 1. The fourth-order valence-corrected chi connectivity index (χ4v) is 4.18. The molecular formula is C15H16N2O3S2. The zero-order valence-electron chi connectivity index (χ0n) is 11.8. The summed E-state index contributed by atoms with van der Waals surface area (Å²) in [5.74, 6) is -1.41. The number of carbonyl (C=O) groups excluding carboxylic acids is 1. The zero-order chi connectivity index (χ0) is 15.5. The molecule has 1 amide bonds. The molecule has 1 fully saturated rings. The summed E-state index contributed by atoms with van der Waals surface area (Å²) in [5.41, 5.74) is 2.38. The van der Waals surface area contributed by atoms with Crippen molar-refractivity contribution < 1.29 is 14.7 Å². The topological polar surface area (TPSA) is 70.5 Å². The lowest BCUT2D eigenvalue weighted by atomic mass is 9.87. The molecule has 116 valence electrons. The molecule has 0 aliphatic carbocycles. The summed E-state index contributed by atoms with van der Waals surface area (Å²) < 4.78 is 0. The number of aliphatic carboxylic acids is 1. The number of aromatic nitrogens is 1. The zero-order valence-corrected chi connectivity index (χ0v) is 13.5. The van der Waals surface area contributed by atoms with Crippen molar-refractivity contribution >= 4 is 34.6 Å². The second-order valence-electron chi connectivity index (χ2n) is 5.26. The lowest BCUT2D eigenvalue weighted by molar-refractivity contribution is -0.152. The van der Waals surface area contributed by atoms with Crippen LogP contribution in [-0.4, -0.2) is 33.4 Å². The number of amides is 1. The lowest BCUT2D eigenvalue weighted by Crippen LogP contribution is -2.46. The standard InChI is InChI=1S/C15H16N2O3S2/c18-13-4-3-11(15(19)20)14(12-8-21-9-16-12)17(13)6-5-10-2-1-7-22-10/h1-2,7-9,11,14H,3-6H2,(H,19,20)/t11-,14-/m0/s1. The summed E-state index contributed by atoms with van der Waals surface area (Å²) in [7, 11) is 0. The minimum Gasteiger partial charge on any atom is -0.481 e. The average Bonchev–Trinajstić information content (AvgIpc) is 3.18. The van der Waals surface area contributed by atoms with Crippen LogP contribution in [0.3, 0.4) is 0 Å². The van der Waals surface area contributed by atoms with Crippen molar-refractivity contribution in [1.82, 2.24) is 9.88 Å². The SMILES string of the molecule is O=C(O)[C@H]1CCC(=O)N(CCc2cccs2)[C@@H]1c1cscn1. The maximum Gasteiger partial charge on any atom is 0.309 e. The third-order valence-electron chi connectivity index (χ3n) is 3.96. The average molecular weight is 336 g/mol. The summed E-state index contributed by atoms with van der Waals surface area (Å²) >= 11 is 3.08. The first-order valence-corrected chi connectivity index (χ1v) is 8.92. The van der Waals surface area contributed by atoms with Crippen LogP contribution in [0.1, 0.15) is 29.5 Å². The Balaban J connectivity index is 1.85. The van der Waals surface area contributed by atoms with Gasteiger partial charge in [-0.3, -0.25) is 9.59 Å². The molecule has 0 unspecified atom stereocenters. The monoisotopic (exact) mass is 336 g/mol. The molecule has 0 saturated carbocycles. The minimum absolute atomic E-state index is 0.0204. The molecule has 0 bridgehead atoms. The van der Waals surface area contributed by atoms with Crippen LogP contribution in [0.4, 0.5) is 0 Å². The number of carbonyl (C=O) groups is 2. The van der Waals surface area contributed by atoms with Gasteiger partial charge in [0.05, 0.1) is 23.2 Å². The Morgan fingerprint density at radius 2 is 2.36 bits per heavy atom. The largest absolute Gasteiger partial charge is 0.481 e. The first-order chi connectivity index (χ1) is 10.7. The highest BCUT2D eigenvalue weighted by molar-refractivity contribution is 7.09. The van der Waals surface area contributed by atoms with Gasteiger partial charge in [0.25, 0.3) is 0 Å². The number of thiophene rings is 1. The Morgan fingerprint density at radius 3 is 3.00 bits per heavy atom. The maximum absolute atomic E-state index is 12.3. The van der Waals surface area contributed by atoms with E-state index in [4.69, 9.17) is 0 Å². The summed E-state index contributed by atoms with van der Waals surface area (Å²) in [6.07, 6.45) is 1.42. The molecule has 2 aromatic heterocycles. The predicted molar refractivity (Wildman–Crippen MR) is 85.0 cm³/mol. The highest BCUT2D eigenvalue weighted by atomic mass is 32.1. The molecule has 7 heteroatoms. The Morgan fingerprint density at radius 1 is 1.50 bits per heavy atom. The number of carboxylic acid groups (broad SMARTS) is 1. The van der Waals surface area contributed by atoms with Crippen molar-refractivity contribution in [1.29, 1.82) is 0 Å². The van der Waals surface area contributed by atoms with Crippen LogP contribution in [0.5, 0.6) is 0 Å². The van der Waals surface area contributed by atoms with E-state index in [-0.39, 0.29) is 5.91 Å². The Kier molecular flexibility index (Phi) is 4.54. The van der Waals surface area contributed by atoms with Gasteiger partial charge in [0, 0.05) is 23.2 Å². The van der Waals surface area contributed by atoms with Crippen LogP contribution >= 0.6 is 22.7 Å². The fraction of sp³-hybridized carbons (Fsp3) is 0.400. The first kappa shape index (κ1) is 15.2. The molecule has 0 aromatic carbocycles. The van der Waals surface area contributed by atoms with Crippen LogP contribution in [0, 0.1) is 5.92 Å². The number of piperidine rings is 1. The number of hydrogen-bond acceptors (Lipinski definition) is 5. The van der Waals surface area contributed by atoms with Gasteiger partial charge in [0.1, 0.15) is 0 Å². The van der Waals surface area contributed by atoms with Gasteiger partial charge in [-0.2, -0.15) is 0 Å². The number of thiazole rings is 1. The smallest absolute Gasteiger partial charge is 0.309 e. The lowest BCUT2D eigenvalue weighted by Gasteiger charge is -2.38. The van der Waals surface area contributed by atoms with Crippen LogP contribution in [0.25, 0.3) is 0 Å². The molecule has 5 nitrogen and oxygen atoms in total. The third kappa shape index (κ3) is 3.05. The van der Waals surface area contributed by atoms with Crippen LogP contribution in [0.2, 0.25) is 0 Å². The molecule has 1 aliphatic rings. The van der Waals surface area contributed by atoms with E-state index in [2.05, 4.69) is 4.98 Å². The van der Waals surface area contributed by atoms with E-state index in [1.165, 1.54) is 16.2 Å². The second kappa shape index (κ2) is 6.58. The number of carboxylic acids is 1. The van der Waals surface area contributed by atoms with E-state index in [0.717, 1.165) is 6.42 Å². The van der Waals surface area contributed by atoms with Gasteiger partial charge >= 0.3 is 5.97 Å². The molecule has 3 heterocycles. The third-order valence-corrected chi connectivity index (χ3v) is 5.50. The van der Waals surface area contributed by atoms with Crippen molar-refractivity contribution in [2.45, 2.75) is 25.3 Å². The quantitative estimate of drug-likeness (QED) is 0.911. The van der Waals surface area contributed by atoms with Gasteiger partial charge in [-0.15, -0.1) is 22.7 Å². The van der Waals surface area contributed by atoms with Gasteiger partial charge in [0.2, 0.25) is 5.91 Å². The van der Waals surface area contributed by atoms with Gasteiger partial charge in [-0.05, 0) is 24.3 Å². The van der Waals surface area contributed by atoms with Gasteiger partial charge in [-0.25, -0.2) is 4.98 Å². The molecule has 3 rings (SSSR count). The molecular weight excluding hydrogens is 320 g/mol. The van der Waals surface area contributed by atoms with E-state index in [9.17, 15) is 14.7 Å². The normalized spacial score (nSPS) is 22.0. The Bertz CT molecular complexity index is 640. The van der Waals surface area contributed by atoms with E-state index in [1.54, 1.807) is 21.7 Å². The molecule has 1 saturated heterocycles. The van der Waals surface area contributed by atoms with E-state index >= 15 is 0 Å². The number of rotatable bonds is 5. The molecule has 0 radical (unpaired) electrons. The highest BCUT2D eigenvalue weighted by Crippen LogP contribution is 2.36. The Hall–Kier alpha value is -1.73. The molecule has 22 heavy (non-hydrogen) atoms. The van der Waals surface area contributed by atoms with E-state index in [0.29, 0.717) is 25.1 Å². The molecule has 2 atom stereocenters. The van der Waals surface area contributed by atoms with Crippen molar-refractivity contribution in [3.63, 3.8) is 0 Å². The molecule has 1 aliphatic heterocycles. The van der Waals surface area contributed by atoms with Crippen LogP contribution in [-0.2, 0) is 16.0 Å². The fourth-order valence-electron chi connectivity index (χ4n) is 2.89. The second-order valence-corrected chi connectivity index (χ2v) is 7.01.